The molecular weight excluding hydrogens is 198 g/mol. The molecule has 0 saturated heterocycles. The van der Waals surface area contributed by atoms with Gasteiger partial charge in [0, 0.05) is 19.4 Å². The van der Waals surface area contributed by atoms with Gasteiger partial charge in [-0.05, 0) is 6.92 Å². The average Bonchev–Trinajstić information content (AvgIpc) is 2.11. The van der Waals surface area contributed by atoms with Crippen molar-refractivity contribution in [2.75, 3.05) is 13.1 Å². The lowest BCUT2D eigenvalue weighted by Crippen LogP contribution is -2.42. The van der Waals surface area contributed by atoms with Crippen LogP contribution in [0.25, 0.3) is 0 Å². The van der Waals surface area contributed by atoms with Crippen LogP contribution in [-0.2, 0) is 9.59 Å². The van der Waals surface area contributed by atoms with E-state index in [1.54, 1.807) is 0 Å². The third-order valence-electron chi connectivity index (χ3n) is 1.63. The predicted molar refractivity (Wildman–Crippen MR) is 52.3 cm³/mol. The number of rotatable bonds is 6. The van der Waals surface area contributed by atoms with E-state index in [1.807, 2.05) is 6.07 Å². The SMILES string of the molecule is CC(O)CN(CC(N)=O)C(=O)CCC#N. The molecule has 0 fully saturated rings. The second kappa shape index (κ2) is 6.79. The molecule has 0 heterocycles. The third kappa shape index (κ3) is 6.46. The first-order valence-corrected chi connectivity index (χ1v) is 4.58. The second-order valence-corrected chi connectivity index (χ2v) is 3.25. The molecule has 2 amide bonds. The fourth-order valence-corrected chi connectivity index (χ4v) is 1.08. The number of carbonyl (C=O) groups is 2. The van der Waals surface area contributed by atoms with Crippen molar-refractivity contribution in [3.8, 4) is 6.07 Å². The molecule has 3 N–H and O–H groups in total. The molecule has 0 aliphatic rings. The predicted octanol–water partition coefficient (Wildman–Crippen LogP) is -1.02. The van der Waals surface area contributed by atoms with E-state index >= 15 is 0 Å². The highest BCUT2D eigenvalue weighted by molar-refractivity contribution is 5.83. The maximum atomic E-state index is 11.4. The molecule has 15 heavy (non-hydrogen) atoms. The van der Waals surface area contributed by atoms with Gasteiger partial charge in [-0.1, -0.05) is 0 Å². The van der Waals surface area contributed by atoms with Crippen molar-refractivity contribution >= 4 is 11.8 Å². The maximum Gasteiger partial charge on any atom is 0.237 e. The number of carbonyl (C=O) groups excluding carboxylic acids is 2. The van der Waals surface area contributed by atoms with Crippen LogP contribution in [0, 0.1) is 11.3 Å². The molecular formula is C9H15N3O3. The van der Waals surface area contributed by atoms with E-state index in [1.165, 1.54) is 6.92 Å². The van der Waals surface area contributed by atoms with Gasteiger partial charge in [0.25, 0.3) is 0 Å². The molecule has 0 bridgehead atoms. The summed E-state index contributed by atoms with van der Waals surface area (Å²) in [4.78, 5) is 23.2. The normalized spacial score (nSPS) is 11.5. The Morgan fingerprint density at radius 3 is 2.60 bits per heavy atom. The number of nitriles is 1. The molecule has 0 aliphatic heterocycles. The van der Waals surface area contributed by atoms with Gasteiger partial charge in [-0.25, -0.2) is 0 Å². The maximum absolute atomic E-state index is 11.4. The monoisotopic (exact) mass is 213 g/mol. The van der Waals surface area contributed by atoms with Crippen molar-refractivity contribution in [3.05, 3.63) is 0 Å². The minimum Gasteiger partial charge on any atom is -0.392 e. The lowest BCUT2D eigenvalue weighted by molar-refractivity contribution is -0.136. The van der Waals surface area contributed by atoms with E-state index in [0.717, 1.165) is 4.90 Å². The summed E-state index contributed by atoms with van der Waals surface area (Å²) in [6.07, 6.45) is -0.597. The summed E-state index contributed by atoms with van der Waals surface area (Å²) in [6, 6.07) is 1.83. The first-order valence-electron chi connectivity index (χ1n) is 4.58. The van der Waals surface area contributed by atoms with E-state index in [2.05, 4.69) is 0 Å². The number of hydrogen-bond donors (Lipinski definition) is 2. The summed E-state index contributed by atoms with van der Waals surface area (Å²) in [7, 11) is 0. The summed E-state index contributed by atoms with van der Waals surface area (Å²) in [5.74, 6) is -0.989. The number of amides is 2. The van der Waals surface area contributed by atoms with Crippen molar-refractivity contribution in [2.45, 2.75) is 25.9 Å². The zero-order valence-corrected chi connectivity index (χ0v) is 8.64. The van der Waals surface area contributed by atoms with Gasteiger partial charge in [0.1, 0.15) is 0 Å². The van der Waals surface area contributed by atoms with Crippen LogP contribution in [0.2, 0.25) is 0 Å². The number of aliphatic hydroxyl groups is 1. The van der Waals surface area contributed by atoms with Gasteiger partial charge >= 0.3 is 0 Å². The van der Waals surface area contributed by atoms with E-state index in [-0.39, 0.29) is 31.8 Å². The lowest BCUT2D eigenvalue weighted by Gasteiger charge is -2.22. The quantitative estimate of drug-likeness (QED) is 0.589. The Morgan fingerprint density at radius 2 is 2.20 bits per heavy atom. The number of primary amides is 1. The summed E-state index contributed by atoms with van der Waals surface area (Å²) in [5, 5.41) is 17.4. The van der Waals surface area contributed by atoms with Crippen LogP contribution in [0.3, 0.4) is 0 Å². The minimum absolute atomic E-state index is 0.0382. The first kappa shape index (κ1) is 13.4. The van der Waals surface area contributed by atoms with E-state index in [9.17, 15) is 9.59 Å². The number of nitrogens with zero attached hydrogens (tertiary/aromatic N) is 2. The molecule has 0 saturated carbocycles. The molecule has 0 aromatic rings. The van der Waals surface area contributed by atoms with Crippen molar-refractivity contribution in [2.24, 2.45) is 5.73 Å². The van der Waals surface area contributed by atoms with Crippen LogP contribution in [0.4, 0.5) is 0 Å². The summed E-state index contributed by atoms with van der Waals surface area (Å²) < 4.78 is 0. The zero-order chi connectivity index (χ0) is 11.8. The van der Waals surface area contributed by atoms with Crippen LogP contribution in [0.5, 0.6) is 0 Å². The molecule has 84 valence electrons. The Balaban J connectivity index is 4.28. The molecule has 1 unspecified atom stereocenters. The highest BCUT2D eigenvalue weighted by Gasteiger charge is 2.16. The minimum atomic E-state index is -0.726. The molecule has 0 rings (SSSR count). The first-order chi connectivity index (χ1) is 6.97. The molecule has 0 aliphatic carbocycles. The molecule has 0 spiro atoms. The van der Waals surface area contributed by atoms with Crippen molar-refractivity contribution < 1.29 is 14.7 Å². The van der Waals surface area contributed by atoms with Crippen LogP contribution < -0.4 is 5.73 Å². The van der Waals surface area contributed by atoms with Crippen LogP contribution in [0.15, 0.2) is 0 Å². The van der Waals surface area contributed by atoms with E-state index in [4.69, 9.17) is 16.1 Å². The number of nitrogens with two attached hydrogens (primary N) is 1. The smallest absolute Gasteiger partial charge is 0.237 e. The third-order valence-corrected chi connectivity index (χ3v) is 1.63. The Morgan fingerprint density at radius 1 is 1.60 bits per heavy atom. The fourth-order valence-electron chi connectivity index (χ4n) is 1.08. The molecule has 0 radical (unpaired) electrons. The molecule has 1 atom stereocenters. The van der Waals surface area contributed by atoms with Crippen molar-refractivity contribution in [3.63, 3.8) is 0 Å². The highest BCUT2D eigenvalue weighted by atomic mass is 16.3. The summed E-state index contributed by atoms with van der Waals surface area (Å²) in [5.41, 5.74) is 4.96. The van der Waals surface area contributed by atoms with Gasteiger partial charge in [-0.3, -0.25) is 9.59 Å². The fraction of sp³-hybridized carbons (Fsp3) is 0.667. The van der Waals surface area contributed by atoms with Gasteiger partial charge in [0.15, 0.2) is 0 Å². The average molecular weight is 213 g/mol. The van der Waals surface area contributed by atoms with Gasteiger partial charge in [0.05, 0.1) is 18.7 Å². The molecule has 0 aromatic heterocycles. The van der Waals surface area contributed by atoms with Gasteiger partial charge in [0.2, 0.25) is 11.8 Å². The molecule has 6 heteroatoms. The molecule has 6 nitrogen and oxygen atoms in total. The second-order valence-electron chi connectivity index (χ2n) is 3.25. The lowest BCUT2D eigenvalue weighted by atomic mass is 10.2. The Hall–Kier alpha value is -1.61. The van der Waals surface area contributed by atoms with Gasteiger partial charge in [-0.2, -0.15) is 5.26 Å². The summed E-state index contributed by atoms with van der Waals surface area (Å²) >= 11 is 0. The van der Waals surface area contributed by atoms with Gasteiger partial charge in [-0.15, -0.1) is 0 Å². The van der Waals surface area contributed by atoms with Gasteiger partial charge < -0.3 is 15.7 Å². The van der Waals surface area contributed by atoms with E-state index < -0.39 is 12.0 Å². The standard InChI is InChI=1S/C9H15N3O3/c1-7(13)5-12(6-8(11)14)9(15)3-2-4-10/h7,13H,2-3,5-6H2,1H3,(H2,11,14). The van der Waals surface area contributed by atoms with Crippen molar-refractivity contribution in [1.29, 1.82) is 5.26 Å². The molecule has 0 aromatic carbocycles. The Labute approximate surface area is 88.3 Å². The van der Waals surface area contributed by atoms with Crippen molar-refractivity contribution in [1.82, 2.24) is 4.90 Å². The van der Waals surface area contributed by atoms with Crippen LogP contribution in [-0.4, -0.2) is 41.0 Å². The Bertz CT molecular complexity index is 270. The highest BCUT2D eigenvalue weighted by Crippen LogP contribution is 1.99. The largest absolute Gasteiger partial charge is 0.392 e. The van der Waals surface area contributed by atoms with Crippen LogP contribution in [0.1, 0.15) is 19.8 Å². The van der Waals surface area contributed by atoms with E-state index in [0.29, 0.717) is 0 Å². The topological polar surface area (TPSA) is 107 Å². The summed E-state index contributed by atoms with van der Waals surface area (Å²) in [6.45, 7) is 1.33. The number of aliphatic hydroxyl groups excluding tert-OH is 1. The Kier molecular flexibility index (Phi) is 6.06. The number of hydrogen-bond acceptors (Lipinski definition) is 4. The van der Waals surface area contributed by atoms with Crippen LogP contribution >= 0.6 is 0 Å². The zero-order valence-electron chi connectivity index (χ0n) is 8.64.